The van der Waals surface area contributed by atoms with Crippen LogP contribution in [-0.4, -0.2) is 29.0 Å². The molecule has 1 N–H and O–H groups in total. The van der Waals surface area contributed by atoms with Crippen LogP contribution in [-0.2, 0) is 17.1 Å². The fourth-order valence-corrected chi connectivity index (χ4v) is 4.35. The Labute approximate surface area is 159 Å². The Morgan fingerprint density at radius 2 is 1.92 bits per heavy atom. The van der Waals surface area contributed by atoms with Gasteiger partial charge in [-0.25, -0.2) is 0 Å². The highest BCUT2D eigenvalue weighted by Crippen LogP contribution is 2.44. The summed E-state index contributed by atoms with van der Waals surface area (Å²) in [5, 5.41) is 12.2. The van der Waals surface area contributed by atoms with Crippen molar-refractivity contribution < 1.29 is 9.90 Å². The summed E-state index contributed by atoms with van der Waals surface area (Å²) in [6.45, 7) is 3.96. The first-order chi connectivity index (χ1) is 12.5. The number of hydrogen-bond acceptors (Lipinski definition) is 3. The minimum Gasteiger partial charge on any atom is -0.364 e. The van der Waals surface area contributed by atoms with E-state index in [-0.39, 0.29) is 5.91 Å². The van der Waals surface area contributed by atoms with E-state index in [0.717, 1.165) is 37.2 Å². The van der Waals surface area contributed by atoms with Gasteiger partial charge in [0, 0.05) is 23.7 Å². The smallest absolute Gasteiger partial charge is 0.279 e. The standard InChI is InChI=1S/C21H23ClN2O2/c1-15-7-6-12-23(13-15)21(26)17-9-3-5-11-19(17)24(20(21)25)14-16-8-2-4-10-18(16)22/h2-5,8-11,15,26H,6-7,12-14H2,1H3/t15-,21-/m0/s1. The van der Waals surface area contributed by atoms with Gasteiger partial charge in [-0.1, -0.05) is 54.9 Å². The van der Waals surface area contributed by atoms with Crippen molar-refractivity contribution in [2.75, 3.05) is 18.0 Å². The van der Waals surface area contributed by atoms with E-state index in [0.29, 0.717) is 23.0 Å². The highest BCUT2D eigenvalue weighted by atomic mass is 35.5. The summed E-state index contributed by atoms with van der Waals surface area (Å²) in [6, 6.07) is 15.1. The third kappa shape index (κ3) is 2.73. The van der Waals surface area contributed by atoms with Crippen LogP contribution < -0.4 is 4.90 Å². The summed E-state index contributed by atoms with van der Waals surface area (Å²) in [4.78, 5) is 17.0. The molecule has 0 radical (unpaired) electrons. The fraction of sp³-hybridized carbons (Fsp3) is 0.381. The molecule has 4 nitrogen and oxygen atoms in total. The number of benzene rings is 2. The quantitative estimate of drug-likeness (QED) is 0.894. The van der Waals surface area contributed by atoms with Gasteiger partial charge in [0.25, 0.3) is 5.91 Å². The second-order valence-corrected chi connectivity index (χ2v) is 7.77. The normalized spacial score (nSPS) is 26.2. The minimum absolute atomic E-state index is 0.285. The van der Waals surface area contributed by atoms with Crippen LogP contribution in [0.4, 0.5) is 5.69 Å². The fourth-order valence-electron chi connectivity index (χ4n) is 4.16. The first-order valence-electron chi connectivity index (χ1n) is 9.14. The van der Waals surface area contributed by atoms with Crippen LogP contribution in [0.3, 0.4) is 0 Å². The van der Waals surface area contributed by atoms with E-state index < -0.39 is 5.72 Å². The van der Waals surface area contributed by atoms with Crippen LogP contribution >= 0.6 is 11.6 Å². The Bertz CT molecular complexity index is 840. The molecule has 4 rings (SSSR count). The molecular formula is C21H23ClN2O2. The lowest BCUT2D eigenvalue weighted by Gasteiger charge is -2.40. The Hall–Kier alpha value is -1.88. The summed E-state index contributed by atoms with van der Waals surface area (Å²) in [6.07, 6.45) is 2.12. The molecule has 26 heavy (non-hydrogen) atoms. The number of carbonyl (C=O) groups excluding carboxylic acids is 1. The van der Waals surface area contributed by atoms with Crippen molar-refractivity contribution in [3.63, 3.8) is 0 Å². The zero-order chi connectivity index (χ0) is 18.3. The first-order valence-corrected chi connectivity index (χ1v) is 9.52. The number of piperidine rings is 1. The zero-order valence-electron chi connectivity index (χ0n) is 14.9. The Kier molecular flexibility index (Phi) is 4.51. The van der Waals surface area contributed by atoms with Gasteiger partial charge in [-0.2, -0.15) is 0 Å². The van der Waals surface area contributed by atoms with Gasteiger partial charge in [-0.15, -0.1) is 0 Å². The molecule has 2 aromatic carbocycles. The van der Waals surface area contributed by atoms with Crippen molar-refractivity contribution >= 4 is 23.2 Å². The van der Waals surface area contributed by atoms with Gasteiger partial charge < -0.3 is 10.0 Å². The van der Waals surface area contributed by atoms with E-state index >= 15 is 0 Å². The number of fused-ring (bicyclic) bond motifs is 1. The van der Waals surface area contributed by atoms with Crippen molar-refractivity contribution in [1.82, 2.24) is 4.90 Å². The van der Waals surface area contributed by atoms with Crippen molar-refractivity contribution in [2.45, 2.75) is 32.0 Å². The molecule has 5 heteroatoms. The molecule has 136 valence electrons. The molecule has 0 aromatic heterocycles. The van der Waals surface area contributed by atoms with E-state index in [1.54, 1.807) is 4.90 Å². The number of hydrogen-bond donors (Lipinski definition) is 1. The lowest BCUT2D eigenvalue weighted by atomic mass is 9.94. The highest BCUT2D eigenvalue weighted by Gasteiger charge is 2.54. The molecule has 2 heterocycles. The zero-order valence-corrected chi connectivity index (χ0v) is 15.6. The summed E-state index contributed by atoms with van der Waals surface area (Å²) in [5.74, 6) is 0.179. The van der Waals surface area contributed by atoms with Gasteiger partial charge in [-0.3, -0.25) is 9.69 Å². The predicted octanol–water partition coefficient (Wildman–Crippen LogP) is 3.76. The molecule has 2 aliphatic heterocycles. The topological polar surface area (TPSA) is 43.8 Å². The van der Waals surface area contributed by atoms with E-state index in [1.807, 2.05) is 53.4 Å². The predicted molar refractivity (Wildman–Crippen MR) is 103 cm³/mol. The van der Waals surface area contributed by atoms with Crippen molar-refractivity contribution in [2.24, 2.45) is 5.92 Å². The van der Waals surface area contributed by atoms with Crippen LogP contribution in [0.1, 0.15) is 30.9 Å². The maximum absolute atomic E-state index is 13.4. The molecule has 1 saturated heterocycles. The Morgan fingerprint density at radius 1 is 1.19 bits per heavy atom. The van der Waals surface area contributed by atoms with Crippen LogP contribution in [0.2, 0.25) is 5.02 Å². The van der Waals surface area contributed by atoms with Crippen molar-refractivity contribution in [1.29, 1.82) is 0 Å². The number of anilines is 1. The molecule has 0 saturated carbocycles. The molecule has 0 spiro atoms. The van der Waals surface area contributed by atoms with Gasteiger partial charge in [0.1, 0.15) is 0 Å². The monoisotopic (exact) mass is 370 g/mol. The van der Waals surface area contributed by atoms with Crippen LogP contribution in [0.25, 0.3) is 0 Å². The molecule has 0 unspecified atom stereocenters. The van der Waals surface area contributed by atoms with Gasteiger partial charge in [0.15, 0.2) is 0 Å². The van der Waals surface area contributed by atoms with Gasteiger partial charge >= 0.3 is 0 Å². The van der Waals surface area contributed by atoms with Gasteiger partial charge in [0.05, 0.1) is 12.2 Å². The average molecular weight is 371 g/mol. The molecule has 1 fully saturated rings. The summed E-state index contributed by atoms with van der Waals surface area (Å²) in [7, 11) is 0. The number of para-hydroxylation sites is 1. The molecule has 0 aliphatic carbocycles. The number of amides is 1. The summed E-state index contributed by atoms with van der Waals surface area (Å²) < 4.78 is 0. The molecule has 0 bridgehead atoms. The van der Waals surface area contributed by atoms with Gasteiger partial charge in [0.2, 0.25) is 5.72 Å². The lowest BCUT2D eigenvalue weighted by Crippen LogP contribution is -2.55. The number of halogens is 1. The van der Waals surface area contributed by atoms with E-state index in [1.165, 1.54) is 0 Å². The average Bonchev–Trinajstić information content (AvgIpc) is 2.87. The van der Waals surface area contributed by atoms with Crippen molar-refractivity contribution in [3.05, 3.63) is 64.7 Å². The summed E-state index contributed by atoms with van der Waals surface area (Å²) in [5.41, 5.74) is 0.713. The van der Waals surface area contributed by atoms with E-state index in [4.69, 9.17) is 11.6 Å². The number of nitrogens with zero attached hydrogens (tertiary/aromatic N) is 2. The second-order valence-electron chi connectivity index (χ2n) is 7.37. The Morgan fingerprint density at radius 3 is 2.69 bits per heavy atom. The third-order valence-electron chi connectivity index (χ3n) is 5.51. The van der Waals surface area contributed by atoms with E-state index in [2.05, 4.69) is 6.92 Å². The largest absolute Gasteiger partial charge is 0.364 e. The van der Waals surface area contributed by atoms with Crippen molar-refractivity contribution in [3.8, 4) is 0 Å². The first kappa shape index (κ1) is 17.5. The molecule has 2 aliphatic rings. The summed E-state index contributed by atoms with van der Waals surface area (Å²) >= 11 is 6.31. The highest BCUT2D eigenvalue weighted by molar-refractivity contribution is 6.31. The Balaban J connectivity index is 1.74. The molecule has 2 aromatic rings. The molecule has 2 atom stereocenters. The number of aliphatic hydroxyl groups is 1. The minimum atomic E-state index is -1.59. The number of likely N-dealkylation sites (tertiary alicyclic amines) is 1. The third-order valence-corrected chi connectivity index (χ3v) is 5.88. The van der Waals surface area contributed by atoms with E-state index in [9.17, 15) is 9.90 Å². The van der Waals surface area contributed by atoms with Crippen LogP contribution in [0.5, 0.6) is 0 Å². The second kappa shape index (κ2) is 6.69. The SMILES string of the molecule is C[C@H]1CCCN([C@@]2(O)C(=O)N(Cc3ccccc3Cl)c3ccccc32)C1. The number of rotatable bonds is 3. The van der Waals surface area contributed by atoms with Crippen LogP contribution in [0.15, 0.2) is 48.5 Å². The number of carbonyl (C=O) groups is 1. The van der Waals surface area contributed by atoms with Crippen LogP contribution in [0, 0.1) is 5.92 Å². The maximum atomic E-state index is 13.4. The lowest BCUT2D eigenvalue weighted by molar-refractivity contribution is -0.165. The molecule has 1 amide bonds. The van der Waals surface area contributed by atoms with Gasteiger partial charge in [-0.05, 0) is 36.5 Å². The molecular weight excluding hydrogens is 348 g/mol. The maximum Gasteiger partial charge on any atom is 0.279 e.